The summed E-state index contributed by atoms with van der Waals surface area (Å²) in [7, 11) is 0. The van der Waals surface area contributed by atoms with Crippen molar-refractivity contribution in [3.05, 3.63) is 29.8 Å². The number of rotatable bonds is 5. The predicted molar refractivity (Wildman–Crippen MR) is 86.2 cm³/mol. The molecular formula is C15H22N2O2S. The number of aliphatic carboxylic acids is 1. The van der Waals surface area contributed by atoms with Crippen molar-refractivity contribution >= 4 is 29.0 Å². The molecule has 0 spiro atoms. The van der Waals surface area contributed by atoms with Crippen molar-refractivity contribution in [3.63, 3.8) is 0 Å². The van der Waals surface area contributed by atoms with Gasteiger partial charge < -0.3 is 15.3 Å². The number of nitrogens with zero attached hydrogens (tertiary/aromatic N) is 1. The van der Waals surface area contributed by atoms with Gasteiger partial charge in [-0.05, 0) is 43.6 Å². The Bertz CT molecular complexity index is 489. The number of hydrogen-bond donors (Lipinski definition) is 2. The molecule has 0 bridgehead atoms. The lowest BCUT2D eigenvalue weighted by molar-refractivity contribution is -0.141. The molecule has 0 amide bonds. The summed E-state index contributed by atoms with van der Waals surface area (Å²) in [5.74, 6) is -0.512. The number of thiocarbonyl (C=S) groups is 1. The zero-order valence-corrected chi connectivity index (χ0v) is 13.2. The van der Waals surface area contributed by atoms with Crippen molar-refractivity contribution in [2.24, 2.45) is 0 Å². The van der Waals surface area contributed by atoms with Crippen molar-refractivity contribution in [2.75, 3.05) is 11.9 Å². The first kappa shape index (κ1) is 16.4. The fourth-order valence-electron chi connectivity index (χ4n) is 2.03. The van der Waals surface area contributed by atoms with Crippen LogP contribution >= 0.6 is 12.2 Å². The monoisotopic (exact) mass is 294 g/mol. The fourth-order valence-corrected chi connectivity index (χ4v) is 2.43. The van der Waals surface area contributed by atoms with Crippen LogP contribution in [0, 0.1) is 0 Å². The highest BCUT2D eigenvalue weighted by molar-refractivity contribution is 7.80. The molecule has 0 aliphatic carbocycles. The summed E-state index contributed by atoms with van der Waals surface area (Å²) in [6.07, 6.45) is 0. The van der Waals surface area contributed by atoms with Crippen LogP contribution in [-0.2, 0) is 4.79 Å². The lowest BCUT2D eigenvalue weighted by atomic mass is 10.0. The summed E-state index contributed by atoms with van der Waals surface area (Å²) in [6, 6.07) is 7.29. The van der Waals surface area contributed by atoms with E-state index in [9.17, 15) is 4.79 Å². The average Bonchev–Trinajstić information content (AvgIpc) is 2.39. The molecule has 0 fully saturated rings. The number of para-hydroxylation sites is 1. The molecule has 0 aromatic heterocycles. The van der Waals surface area contributed by atoms with Crippen LogP contribution in [0.15, 0.2) is 24.3 Å². The Kier molecular flexibility index (Phi) is 5.95. The second-order valence-electron chi connectivity index (χ2n) is 4.97. The molecule has 5 heteroatoms. The second kappa shape index (κ2) is 7.24. The fraction of sp³-hybridized carbons (Fsp3) is 0.467. The number of nitrogens with one attached hydrogen (secondary N) is 1. The standard InChI is InChI=1S/C15H22N2O2S/c1-5-17(11(4)14(18)19)15(20)16-13-9-7-6-8-12(13)10(2)3/h6-11H,5H2,1-4H3,(H,16,20)(H,18,19). The summed E-state index contributed by atoms with van der Waals surface area (Å²) < 4.78 is 0. The molecule has 0 radical (unpaired) electrons. The SMILES string of the molecule is CCN(C(=S)Nc1ccccc1C(C)C)C(C)C(=O)O. The molecule has 0 saturated heterocycles. The molecule has 1 aromatic rings. The number of hydrogen-bond acceptors (Lipinski definition) is 2. The molecule has 2 N–H and O–H groups in total. The van der Waals surface area contributed by atoms with E-state index in [1.807, 2.05) is 31.2 Å². The number of likely N-dealkylation sites (N-methyl/N-ethyl adjacent to an activating group) is 1. The highest BCUT2D eigenvalue weighted by Gasteiger charge is 2.22. The first-order valence-electron chi connectivity index (χ1n) is 6.77. The number of anilines is 1. The van der Waals surface area contributed by atoms with Crippen molar-refractivity contribution in [2.45, 2.75) is 39.7 Å². The third kappa shape index (κ3) is 3.93. The van der Waals surface area contributed by atoms with Gasteiger partial charge in [0.25, 0.3) is 0 Å². The smallest absolute Gasteiger partial charge is 0.326 e. The van der Waals surface area contributed by atoms with E-state index in [-0.39, 0.29) is 0 Å². The minimum atomic E-state index is -0.881. The number of carboxylic acids is 1. The second-order valence-corrected chi connectivity index (χ2v) is 5.36. The number of carboxylic acid groups (broad SMARTS) is 1. The molecular weight excluding hydrogens is 272 g/mol. The van der Waals surface area contributed by atoms with E-state index < -0.39 is 12.0 Å². The quantitative estimate of drug-likeness (QED) is 0.816. The van der Waals surface area contributed by atoms with Gasteiger partial charge in [0.2, 0.25) is 0 Å². The largest absolute Gasteiger partial charge is 0.480 e. The predicted octanol–water partition coefficient (Wildman–Crippen LogP) is 3.30. The van der Waals surface area contributed by atoms with Gasteiger partial charge in [-0.2, -0.15) is 0 Å². The van der Waals surface area contributed by atoms with Crippen molar-refractivity contribution < 1.29 is 9.90 Å². The van der Waals surface area contributed by atoms with E-state index in [2.05, 4.69) is 19.2 Å². The van der Waals surface area contributed by atoms with Crippen LogP contribution in [0.1, 0.15) is 39.2 Å². The molecule has 1 atom stereocenters. The molecule has 110 valence electrons. The van der Waals surface area contributed by atoms with Crippen LogP contribution < -0.4 is 5.32 Å². The van der Waals surface area contributed by atoms with Gasteiger partial charge in [-0.1, -0.05) is 32.0 Å². The number of carbonyl (C=O) groups is 1. The summed E-state index contributed by atoms with van der Waals surface area (Å²) >= 11 is 5.35. The van der Waals surface area contributed by atoms with Gasteiger partial charge in [0.15, 0.2) is 5.11 Å². The zero-order chi connectivity index (χ0) is 15.3. The summed E-state index contributed by atoms with van der Waals surface area (Å²) in [5.41, 5.74) is 2.09. The normalized spacial score (nSPS) is 12.1. The molecule has 0 heterocycles. The molecule has 0 saturated carbocycles. The molecule has 20 heavy (non-hydrogen) atoms. The van der Waals surface area contributed by atoms with Gasteiger partial charge in [-0.25, -0.2) is 4.79 Å². The maximum Gasteiger partial charge on any atom is 0.326 e. The maximum absolute atomic E-state index is 11.1. The number of benzene rings is 1. The Morgan fingerprint density at radius 2 is 1.95 bits per heavy atom. The summed E-state index contributed by atoms with van der Waals surface area (Å²) in [4.78, 5) is 12.8. The highest BCUT2D eigenvalue weighted by atomic mass is 32.1. The van der Waals surface area contributed by atoms with E-state index in [0.29, 0.717) is 17.6 Å². The van der Waals surface area contributed by atoms with E-state index in [0.717, 1.165) is 11.3 Å². The molecule has 0 aliphatic rings. The van der Waals surface area contributed by atoms with Crippen LogP contribution in [0.3, 0.4) is 0 Å². The molecule has 1 unspecified atom stereocenters. The first-order valence-corrected chi connectivity index (χ1v) is 7.18. The topological polar surface area (TPSA) is 52.6 Å². The van der Waals surface area contributed by atoms with Crippen LogP contribution in [-0.4, -0.2) is 33.7 Å². The average molecular weight is 294 g/mol. The molecule has 4 nitrogen and oxygen atoms in total. The Hall–Kier alpha value is -1.62. The minimum absolute atomic E-state index is 0.369. The summed E-state index contributed by atoms with van der Waals surface area (Å²) in [5, 5.41) is 12.7. The lowest BCUT2D eigenvalue weighted by Crippen LogP contribution is -2.45. The van der Waals surface area contributed by atoms with Gasteiger partial charge in [-0.15, -0.1) is 0 Å². The van der Waals surface area contributed by atoms with Gasteiger partial charge in [0.05, 0.1) is 0 Å². The van der Waals surface area contributed by atoms with Gasteiger partial charge >= 0.3 is 5.97 Å². The van der Waals surface area contributed by atoms with E-state index >= 15 is 0 Å². The lowest BCUT2D eigenvalue weighted by Gasteiger charge is -2.28. The minimum Gasteiger partial charge on any atom is -0.480 e. The maximum atomic E-state index is 11.1. The van der Waals surface area contributed by atoms with E-state index in [4.69, 9.17) is 17.3 Å². The van der Waals surface area contributed by atoms with Crippen LogP contribution in [0.4, 0.5) is 5.69 Å². The van der Waals surface area contributed by atoms with E-state index in [1.165, 1.54) is 0 Å². The highest BCUT2D eigenvalue weighted by Crippen LogP contribution is 2.24. The Labute approximate surface area is 125 Å². The molecule has 1 aromatic carbocycles. The summed E-state index contributed by atoms with van der Waals surface area (Å²) in [6.45, 7) is 8.29. The van der Waals surface area contributed by atoms with E-state index in [1.54, 1.807) is 11.8 Å². The third-order valence-electron chi connectivity index (χ3n) is 3.25. The third-order valence-corrected chi connectivity index (χ3v) is 3.59. The molecule has 0 aliphatic heterocycles. The zero-order valence-electron chi connectivity index (χ0n) is 12.4. The van der Waals surface area contributed by atoms with Gasteiger partial charge in [0.1, 0.15) is 6.04 Å². The Morgan fingerprint density at radius 1 is 1.35 bits per heavy atom. The van der Waals surface area contributed by atoms with Gasteiger partial charge in [0, 0.05) is 12.2 Å². The van der Waals surface area contributed by atoms with Crippen LogP contribution in [0.2, 0.25) is 0 Å². The molecule has 1 rings (SSSR count). The Morgan fingerprint density at radius 3 is 2.45 bits per heavy atom. The Balaban J connectivity index is 2.92. The van der Waals surface area contributed by atoms with Crippen molar-refractivity contribution in [1.29, 1.82) is 0 Å². The van der Waals surface area contributed by atoms with Crippen LogP contribution in [0.25, 0.3) is 0 Å². The van der Waals surface area contributed by atoms with Crippen LogP contribution in [0.5, 0.6) is 0 Å². The first-order chi connectivity index (χ1) is 9.38. The van der Waals surface area contributed by atoms with Crippen molar-refractivity contribution in [1.82, 2.24) is 4.90 Å². The van der Waals surface area contributed by atoms with Gasteiger partial charge in [-0.3, -0.25) is 0 Å². The van der Waals surface area contributed by atoms with Crippen molar-refractivity contribution in [3.8, 4) is 0 Å².